The van der Waals surface area contributed by atoms with Crippen LogP contribution in [0.4, 0.5) is 0 Å². The zero-order valence-corrected chi connectivity index (χ0v) is 10.9. The molecule has 1 atom stereocenters. The lowest BCUT2D eigenvalue weighted by molar-refractivity contribution is 0.0140. The highest BCUT2D eigenvalue weighted by Crippen LogP contribution is 2.14. The highest BCUT2D eigenvalue weighted by molar-refractivity contribution is 5.22. The third kappa shape index (κ3) is 4.46. The minimum atomic E-state index is -0.686. The standard InChI is InChI=1S/C14H23NO2/c1-11(2)14(3,17)10-15-8-12-5-4-6-13(7-12)9-16/h4-7,11,15-17H,8-10H2,1-3H3. The van der Waals surface area contributed by atoms with Gasteiger partial charge in [0.1, 0.15) is 0 Å². The van der Waals surface area contributed by atoms with E-state index in [1.165, 1.54) is 0 Å². The first kappa shape index (κ1) is 14.2. The van der Waals surface area contributed by atoms with Crippen LogP contribution in [0.1, 0.15) is 31.9 Å². The first-order chi connectivity index (χ1) is 7.95. The van der Waals surface area contributed by atoms with Crippen molar-refractivity contribution in [2.24, 2.45) is 5.92 Å². The molecule has 0 fully saturated rings. The van der Waals surface area contributed by atoms with Crippen molar-refractivity contribution in [1.82, 2.24) is 5.32 Å². The second-order valence-electron chi connectivity index (χ2n) is 5.09. The summed E-state index contributed by atoms with van der Waals surface area (Å²) in [7, 11) is 0. The average molecular weight is 237 g/mol. The number of aliphatic hydroxyl groups excluding tert-OH is 1. The molecule has 1 aromatic carbocycles. The van der Waals surface area contributed by atoms with E-state index < -0.39 is 5.60 Å². The number of rotatable bonds is 6. The Morgan fingerprint density at radius 2 is 1.94 bits per heavy atom. The number of aliphatic hydroxyl groups is 2. The number of benzene rings is 1. The van der Waals surface area contributed by atoms with Crippen molar-refractivity contribution in [3.63, 3.8) is 0 Å². The van der Waals surface area contributed by atoms with Crippen LogP contribution in [-0.4, -0.2) is 22.4 Å². The summed E-state index contributed by atoms with van der Waals surface area (Å²) in [6.45, 7) is 7.19. The minimum absolute atomic E-state index is 0.0670. The predicted molar refractivity (Wildman–Crippen MR) is 69.5 cm³/mol. The Morgan fingerprint density at radius 3 is 2.53 bits per heavy atom. The molecule has 3 N–H and O–H groups in total. The van der Waals surface area contributed by atoms with Gasteiger partial charge in [-0.15, -0.1) is 0 Å². The van der Waals surface area contributed by atoms with Crippen LogP contribution < -0.4 is 5.32 Å². The van der Waals surface area contributed by atoms with Gasteiger partial charge >= 0.3 is 0 Å². The quantitative estimate of drug-likeness (QED) is 0.705. The first-order valence-corrected chi connectivity index (χ1v) is 6.07. The topological polar surface area (TPSA) is 52.5 Å². The summed E-state index contributed by atoms with van der Waals surface area (Å²) in [5, 5.41) is 22.3. The molecular weight excluding hydrogens is 214 g/mol. The van der Waals surface area contributed by atoms with Gasteiger partial charge in [0.15, 0.2) is 0 Å². The maximum absolute atomic E-state index is 10.1. The largest absolute Gasteiger partial charge is 0.392 e. The van der Waals surface area contributed by atoms with Gasteiger partial charge in [-0.3, -0.25) is 0 Å². The summed E-state index contributed by atoms with van der Waals surface area (Å²) in [4.78, 5) is 0. The molecule has 17 heavy (non-hydrogen) atoms. The van der Waals surface area contributed by atoms with E-state index in [0.717, 1.165) is 11.1 Å². The molecule has 96 valence electrons. The fraction of sp³-hybridized carbons (Fsp3) is 0.571. The first-order valence-electron chi connectivity index (χ1n) is 6.07. The molecule has 0 radical (unpaired) electrons. The third-order valence-corrected chi connectivity index (χ3v) is 3.23. The molecule has 0 amide bonds. The van der Waals surface area contributed by atoms with Gasteiger partial charge in [0, 0.05) is 13.1 Å². The van der Waals surface area contributed by atoms with Gasteiger partial charge in [0.05, 0.1) is 12.2 Å². The van der Waals surface area contributed by atoms with Gasteiger partial charge in [-0.2, -0.15) is 0 Å². The van der Waals surface area contributed by atoms with E-state index in [1.807, 2.05) is 45.0 Å². The van der Waals surface area contributed by atoms with Gasteiger partial charge in [-0.25, -0.2) is 0 Å². The van der Waals surface area contributed by atoms with E-state index in [4.69, 9.17) is 5.11 Å². The molecule has 1 aromatic rings. The van der Waals surface area contributed by atoms with Gasteiger partial charge in [0.2, 0.25) is 0 Å². The Bertz CT molecular complexity index is 348. The van der Waals surface area contributed by atoms with Crippen LogP contribution >= 0.6 is 0 Å². The molecule has 0 saturated carbocycles. The Labute approximate surface area is 103 Å². The lowest BCUT2D eigenvalue weighted by Gasteiger charge is -2.28. The van der Waals surface area contributed by atoms with Crippen molar-refractivity contribution in [2.45, 2.75) is 39.5 Å². The monoisotopic (exact) mass is 237 g/mol. The van der Waals surface area contributed by atoms with E-state index in [9.17, 15) is 5.11 Å². The van der Waals surface area contributed by atoms with Crippen molar-refractivity contribution in [2.75, 3.05) is 6.54 Å². The zero-order chi connectivity index (χ0) is 12.9. The Kier molecular flexibility index (Phi) is 5.12. The summed E-state index contributed by atoms with van der Waals surface area (Å²) >= 11 is 0. The highest BCUT2D eigenvalue weighted by atomic mass is 16.3. The number of hydrogen-bond acceptors (Lipinski definition) is 3. The zero-order valence-electron chi connectivity index (χ0n) is 10.9. The van der Waals surface area contributed by atoms with Gasteiger partial charge in [-0.1, -0.05) is 38.1 Å². The van der Waals surface area contributed by atoms with Crippen LogP contribution in [0, 0.1) is 5.92 Å². The van der Waals surface area contributed by atoms with Gasteiger partial charge in [0.25, 0.3) is 0 Å². The molecule has 0 aliphatic heterocycles. The maximum atomic E-state index is 10.1. The van der Waals surface area contributed by atoms with E-state index >= 15 is 0 Å². The fourth-order valence-corrected chi connectivity index (χ4v) is 1.50. The summed E-state index contributed by atoms with van der Waals surface area (Å²) in [5.74, 6) is 0.221. The summed E-state index contributed by atoms with van der Waals surface area (Å²) in [5.41, 5.74) is 1.35. The SMILES string of the molecule is CC(C)C(C)(O)CNCc1cccc(CO)c1. The summed E-state index contributed by atoms with van der Waals surface area (Å²) < 4.78 is 0. The summed E-state index contributed by atoms with van der Waals surface area (Å²) in [6.07, 6.45) is 0. The molecule has 1 unspecified atom stereocenters. The Hall–Kier alpha value is -0.900. The Morgan fingerprint density at radius 1 is 1.29 bits per heavy atom. The normalized spacial score (nSPS) is 14.9. The molecule has 1 rings (SSSR count). The van der Waals surface area contributed by atoms with Gasteiger partial charge < -0.3 is 15.5 Å². The van der Waals surface area contributed by atoms with Crippen LogP contribution in [0.5, 0.6) is 0 Å². The molecular formula is C14H23NO2. The second-order valence-corrected chi connectivity index (χ2v) is 5.09. The fourth-order valence-electron chi connectivity index (χ4n) is 1.50. The van der Waals surface area contributed by atoms with Crippen molar-refractivity contribution in [1.29, 1.82) is 0 Å². The second kappa shape index (κ2) is 6.15. The molecule has 0 spiro atoms. The van der Waals surface area contributed by atoms with E-state index in [-0.39, 0.29) is 12.5 Å². The predicted octanol–water partition coefficient (Wildman–Crippen LogP) is 1.68. The molecule has 0 saturated heterocycles. The third-order valence-electron chi connectivity index (χ3n) is 3.23. The lowest BCUT2D eigenvalue weighted by Crippen LogP contribution is -2.41. The number of hydrogen-bond donors (Lipinski definition) is 3. The van der Waals surface area contributed by atoms with Crippen LogP contribution in [-0.2, 0) is 13.2 Å². The van der Waals surface area contributed by atoms with Crippen LogP contribution in [0.25, 0.3) is 0 Å². The van der Waals surface area contributed by atoms with E-state index in [1.54, 1.807) is 0 Å². The highest BCUT2D eigenvalue weighted by Gasteiger charge is 2.23. The molecule has 0 heterocycles. The lowest BCUT2D eigenvalue weighted by atomic mass is 9.92. The van der Waals surface area contributed by atoms with Gasteiger partial charge in [-0.05, 0) is 24.0 Å². The number of nitrogens with one attached hydrogen (secondary N) is 1. The van der Waals surface area contributed by atoms with Crippen molar-refractivity contribution in [3.05, 3.63) is 35.4 Å². The molecule has 3 heteroatoms. The molecule has 0 aliphatic rings. The molecule has 0 aromatic heterocycles. The minimum Gasteiger partial charge on any atom is -0.392 e. The smallest absolute Gasteiger partial charge is 0.0766 e. The van der Waals surface area contributed by atoms with Crippen LogP contribution in [0.2, 0.25) is 0 Å². The van der Waals surface area contributed by atoms with Crippen molar-refractivity contribution >= 4 is 0 Å². The van der Waals surface area contributed by atoms with Crippen molar-refractivity contribution < 1.29 is 10.2 Å². The molecule has 3 nitrogen and oxygen atoms in total. The average Bonchev–Trinajstić information content (AvgIpc) is 2.29. The van der Waals surface area contributed by atoms with Crippen LogP contribution in [0.15, 0.2) is 24.3 Å². The van der Waals surface area contributed by atoms with Crippen LogP contribution in [0.3, 0.4) is 0 Å². The summed E-state index contributed by atoms with van der Waals surface area (Å²) in [6, 6.07) is 7.81. The molecule has 0 aliphatic carbocycles. The van der Waals surface area contributed by atoms with E-state index in [0.29, 0.717) is 13.1 Å². The maximum Gasteiger partial charge on any atom is 0.0766 e. The van der Waals surface area contributed by atoms with E-state index in [2.05, 4.69) is 5.32 Å². The van der Waals surface area contributed by atoms with Crippen molar-refractivity contribution in [3.8, 4) is 0 Å². The Balaban J connectivity index is 2.45. The molecule has 0 bridgehead atoms.